The lowest BCUT2D eigenvalue weighted by Gasteiger charge is -2.46. The van der Waals surface area contributed by atoms with Gasteiger partial charge in [0, 0.05) is 36.4 Å². The standard InChI is InChI=1S/C20H24F2N2O4S/c1-20(21,22)17(9-25)23-19(26)11-6-14-13-4-3-5-16-18(13)12(10-29(16,27)28)7-15(14)24(2)8-11/h3-5,10-11,14-15,17,25H,6-9H2,1-2H3,(H,23,26). The second kappa shape index (κ2) is 6.85. The van der Waals surface area contributed by atoms with Gasteiger partial charge < -0.3 is 15.3 Å². The Balaban J connectivity index is 1.63. The molecular formula is C20H24F2N2O4S. The molecule has 2 aliphatic heterocycles. The smallest absolute Gasteiger partial charge is 0.267 e. The van der Waals surface area contributed by atoms with Crippen LogP contribution in [0.4, 0.5) is 8.78 Å². The van der Waals surface area contributed by atoms with Crippen molar-refractivity contribution in [1.29, 1.82) is 0 Å². The van der Waals surface area contributed by atoms with Gasteiger partial charge in [-0.1, -0.05) is 12.1 Å². The van der Waals surface area contributed by atoms with Gasteiger partial charge in [0.1, 0.15) is 6.04 Å². The lowest BCUT2D eigenvalue weighted by atomic mass is 9.70. The minimum absolute atomic E-state index is 0.0441. The zero-order valence-electron chi connectivity index (χ0n) is 16.2. The van der Waals surface area contributed by atoms with Crippen molar-refractivity contribution >= 4 is 21.3 Å². The van der Waals surface area contributed by atoms with E-state index in [1.165, 1.54) is 5.41 Å². The first kappa shape index (κ1) is 20.4. The zero-order chi connectivity index (χ0) is 21.1. The third-order valence-electron chi connectivity index (χ3n) is 6.37. The van der Waals surface area contributed by atoms with Gasteiger partial charge in [-0.15, -0.1) is 0 Å². The quantitative estimate of drug-likeness (QED) is 0.766. The van der Waals surface area contributed by atoms with Gasteiger partial charge in [0.25, 0.3) is 5.92 Å². The molecule has 1 aliphatic carbocycles. The molecule has 3 aliphatic rings. The maximum absolute atomic E-state index is 13.6. The largest absolute Gasteiger partial charge is 0.394 e. The van der Waals surface area contributed by atoms with Crippen LogP contribution in [0.25, 0.3) is 5.57 Å². The van der Waals surface area contributed by atoms with Crippen LogP contribution in [-0.4, -0.2) is 62.5 Å². The molecule has 2 heterocycles. The number of nitrogens with one attached hydrogen (secondary N) is 1. The number of amides is 1. The summed E-state index contributed by atoms with van der Waals surface area (Å²) >= 11 is 0. The number of benzene rings is 1. The number of likely N-dealkylation sites (tertiary alicyclic amines) is 1. The van der Waals surface area contributed by atoms with E-state index in [2.05, 4.69) is 5.32 Å². The molecule has 4 unspecified atom stereocenters. The number of aliphatic hydroxyl groups excluding tert-OH is 1. The van der Waals surface area contributed by atoms with Gasteiger partial charge >= 0.3 is 0 Å². The summed E-state index contributed by atoms with van der Waals surface area (Å²) in [5.41, 5.74) is 2.45. The number of fused-ring (bicyclic) bond motifs is 2. The monoisotopic (exact) mass is 426 g/mol. The molecule has 1 fully saturated rings. The van der Waals surface area contributed by atoms with Crippen molar-refractivity contribution in [2.75, 3.05) is 20.2 Å². The molecule has 1 aromatic carbocycles. The fourth-order valence-corrected chi connectivity index (χ4v) is 6.41. The fraction of sp³-hybridized carbons (Fsp3) is 0.550. The van der Waals surface area contributed by atoms with Crippen LogP contribution in [0.3, 0.4) is 0 Å². The number of nitrogens with zero attached hydrogens (tertiary/aromatic N) is 1. The highest BCUT2D eigenvalue weighted by Gasteiger charge is 2.46. The van der Waals surface area contributed by atoms with Crippen LogP contribution < -0.4 is 5.32 Å². The van der Waals surface area contributed by atoms with E-state index in [1.54, 1.807) is 12.1 Å². The van der Waals surface area contributed by atoms with Gasteiger partial charge in [0.15, 0.2) is 0 Å². The molecule has 4 rings (SSSR count). The van der Waals surface area contributed by atoms with E-state index in [1.807, 2.05) is 18.0 Å². The van der Waals surface area contributed by atoms with E-state index in [9.17, 15) is 27.1 Å². The summed E-state index contributed by atoms with van der Waals surface area (Å²) in [4.78, 5) is 15.0. The average Bonchev–Trinajstić information content (AvgIpc) is 2.90. The van der Waals surface area contributed by atoms with Crippen molar-refractivity contribution in [1.82, 2.24) is 10.2 Å². The molecule has 0 saturated carbocycles. The maximum Gasteiger partial charge on any atom is 0.267 e. The first-order chi connectivity index (χ1) is 13.5. The number of piperidine rings is 1. The van der Waals surface area contributed by atoms with Crippen LogP contribution in [-0.2, 0) is 14.6 Å². The summed E-state index contributed by atoms with van der Waals surface area (Å²) in [6.45, 7) is 0.206. The Morgan fingerprint density at radius 3 is 2.79 bits per heavy atom. The SMILES string of the molecule is CN1CC(C(=O)NC(CO)C(C)(F)F)CC2c3cccc4c3C(=CS4(=O)=O)CC21. The fourth-order valence-electron chi connectivity index (χ4n) is 4.90. The van der Waals surface area contributed by atoms with E-state index in [0.717, 1.165) is 16.7 Å². The summed E-state index contributed by atoms with van der Waals surface area (Å²) in [5, 5.41) is 12.9. The Morgan fingerprint density at radius 1 is 1.41 bits per heavy atom. The second-order valence-electron chi connectivity index (χ2n) is 8.36. The minimum atomic E-state index is -3.45. The van der Waals surface area contributed by atoms with Crippen molar-refractivity contribution < 1.29 is 27.1 Å². The normalized spacial score (nSPS) is 28.9. The number of rotatable bonds is 4. The van der Waals surface area contributed by atoms with Crippen LogP contribution in [0.5, 0.6) is 0 Å². The Morgan fingerprint density at radius 2 is 2.14 bits per heavy atom. The van der Waals surface area contributed by atoms with Crippen molar-refractivity contribution in [2.45, 2.75) is 48.6 Å². The summed E-state index contributed by atoms with van der Waals surface area (Å²) < 4.78 is 52.1. The van der Waals surface area contributed by atoms with Crippen molar-refractivity contribution in [3.05, 3.63) is 34.7 Å². The topological polar surface area (TPSA) is 86.7 Å². The number of carbonyl (C=O) groups excluding carboxylic acids is 1. The van der Waals surface area contributed by atoms with Crippen molar-refractivity contribution in [3.8, 4) is 0 Å². The number of carbonyl (C=O) groups is 1. The molecule has 2 N–H and O–H groups in total. The Bertz CT molecular complexity index is 987. The molecule has 29 heavy (non-hydrogen) atoms. The van der Waals surface area contributed by atoms with Crippen LogP contribution in [0.2, 0.25) is 0 Å². The molecule has 9 heteroatoms. The van der Waals surface area contributed by atoms with E-state index in [4.69, 9.17) is 0 Å². The highest BCUT2D eigenvalue weighted by atomic mass is 32.2. The number of hydrogen-bond acceptors (Lipinski definition) is 5. The predicted molar refractivity (Wildman–Crippen MR) is 103 cm³/mol. The maximum atomic E-state index is 13.6. The minimum Gasteiger partial charge on any atom is -0.394 e. The van der Waals surface area contributed by atoms with Gasteiger partial charge in [0.2, 0.25) is 15.7 Å². The average molecular weight is 426 g/mol. The number of likely N-dealkylation sites (N-methyl/N-ethyl adjacent to an activating group) is 1. The summed E-state index contributed by atoms with van der Waals surface area (Å²) in [5.74, 6) is -4.35. The third-order valence-corrected chi connectivity index (χ3v) is 7.92. The molecule has 0 spiro atoms. The first-order valence-corrected chi connectivity index (χ1v) is 11.2. The molecule has 6 nitrogen and oxygen atoms in total. The third kappa shape index (κ3) is 3.39. The molecule has 158 valence electrons. The van der Waals surface area contributed by atoms with Crippen molar-refractivity contribution in [3.63, 3.8) is 0 Å². The molecule has 4 atom stereocenters. The Labute approximate surface area is 168 Å². The highest BCUT2D eigenvalue weighted by molar-refractivity contribution is 7.95. The van der Waals surface area contributed by atoms with Crippen LogP contribution in [0, 0.1) is 5.92 Å². The zero-order valence-corrected chi connectivity index (χ0v) is 17.0. The van der Waals surface area contributed by atoms with E-state index in [-0.39, 0.29) is 12.0 Å². The molecule has 0 aromatic heterocycles. The van der Waals surface area contributed by atoms with E-state index in [0.29, 0.717) is 31.2 Å². The van der Waals surface area contributed by atoms with Crippen LogP contribution in [0.1, 0.15) is 36.8 Å². The number of hydrogen-bond donors (Lipinski definition) is 2. The molecule has 1 aromatic rings. The van der Waals surface area contributed by atoms with Crippen LogP contribution in [0.15, 0.2) is 28.5 Å². The Hall–Kier alpha value is -1.84. The van der Waals surface area contributed by atoms with Gasteiger partial charge in [-0.2, -0.15) is 0 Å². The molecule has 1 saturated heterocycles. The Kier molecular flexibility index (Phi) is 4.83. The molecule has 1 amide bonds. The molecule has 0 bridgehead atoms. The lowest BCUT2D eigenvalue weighted by Crippen LogP contribution is -2.55. The number of alkyl halides is 2. The summed E-state index contributed by atoms with van der Waals surface area (Å²) in [6, 6.07) is 3.63. The van der Waals surface area contributed by atoms with E-state index >= 15 is 0 Å². The van der Waals surface area contributed by atoms with E-state index < -0.39 is 40.2 Å². The molecule has 0 radical (unpaired) electrons. The van der Waals surface area contributed by atoms with Crippen molar-refractivity contribution in [2.24, 2.45) is 5.92 Å². The summed E-state index contributed by atoms with van der Waals surface area (Å²) in [6.07, 6.45) is 1.02. The number of sulfone groups is 1. The van der Waals surface area contributed by atoms with Gasteiger partial charge in [0.05, 0.1) is 17.4 Å². The van der Waals surface area contributed by atoms with Crippen LogP contribution >= 0.6 is 0 Å². The predicted octanol–water partition coefficient (Wildman–Crippen LogP) is 1.75. The van der Waals surface area contributed by atoms with Gasteiger partial charge in [-0.3, -0.25) is 4.79 Å². The highest BCUT2D eigenvalue weighted by Crippen LogP contribution is 2.50. The first-order valence-electron chi connectivity index (χ1n) is 9.61. The number of halogens is 2. The number of aliphatic hydroxyl groups is 1. The lowest BCUT2D eigenvalue weighted by molar-refractivity contribution is -0.132. The van der Waals surface area contributed by atoms with Gasteiger partial charge in [-0.05, 0) is 37.1 Å². The molecular weight excluding hydrogens is 402 g/mol. The summed E-state index contributed by atoms with van der Waals surface area (Å²) in [7, 11) is -1.58. The second-order valence-corrected chi connectivity index (χ2v) is 10.1. The van der Waals surface area contributed by atoms with Gasteiger partial charge in [-0.25, -0.2) is 17.2 Å².